The summed E-state index contributed by atoms with van der Waals surface area (Å²) in [5.74, 6) is -0.0477. The number of aryl methyl sites for hydroxylation is 1. The molecule has 1 aliphatic heterocycles. The average molecular weight is 330 g/mol. The van der Waals surface area contributed by atoms with E-state index >= 15 is 0 Å². The maximum absolute atomic E-state index is 11.9. The largest absolute Gasteiger partial charge is 0.348 e. The number of carbonyl (C=O) groups is 2. The summed E-state index contributed by atoms with van der Waals surface area (Å²) >= 11 is 6.03. The molecule has 5 nitrogen and oxygen atoms in total. The third kappa shape index (κ3) is 3.46. The number of nitrogens with one attached hydrogen (secondary N) is 3. The van der Waals surface area contributed by atoms with Gasteiger partial charge in [0.2, 0.25) is 0 Å². The normalized spacial score (nSPS) is 12.5. The number of carbonyl (C=O) groups excluding carboxylic acids is 2. The Balaban J connectivity index is 1.59. The summed E-state index contributed by atoms with van der Waals surface area (Å²) in [6, 6.07) is 10.6. The van der Waals surface area contributed by atoms with Gasteiger partial charge in [0, 0.05) is 29.4 Å². The molecule has 0 fully saturated rings. The lowest BCUT2D eigenvalue weighted by molar-refractivity contribution is 0.0965. The molecule has 0 bridgehead atoms. The summed E-state index contributed by atoms with van der Waals surface area (Å²) < 4.78 is 0. The molecule has 2 aromatic rings. The van der Waals surface area contributed by atoms with Crippen LogP contribution in [0.2, 0.25) is 5.02 Å². The van der Waals surface area contributed by atoms with E-state index in [-0.39, 0.29) is 11.9 Å². The van der Waals surface area contributed by atoms with Gasteiger partial charge in [0.15, 0.2) is 0 Å². The van der Waals surface area contributed by atoms with Gasteiger partial charge in [0.05, 0.1) is 0 Å². The van der Waals surface area contributed by atoms with E-state index in [1.807, 2.05) is 25.1 Å². The Morgan fingerprint density at radius 3 is 2.87 bits per heavy atom. The molecular formula is C17H16ClN3O2. The molecule has 0 atom stereocenters. The molecule has 1 aliphatic rings. The van der Waals surface area contributed by atoms with Crippen LogP contribution < -0.4 is 16.0 Å². The second kappa shape index (κ2) is 6.30. The first kappa shape index (κ1) is 15.4. The second-order valence-corrected chi connectivity index (χ2v) is 5.85. The van der Waals surface area contributed by atoms with Crippen molar-refractivity contribution in [2.75, 3.05) is 5.32 Å². The van der Waals surface area contributed by atoms with Crippen LogP contribution in [-0.4, -0.2) is 11.9 Å². The van der Waals surface area contributed by atoms with Gasteiger partial charge in [-0.3, -0.25) is 4.79 Å². The van der Waals surface area contributed by atoms with E-state index in [0.29, 0.717) is 29.4 Å². The Kier molecular flexibility index (Phi) is 4.21. The molecule has 0 saturated carbocycles. The fourth-order valence-electron chi connectivity index (χ4n) is 2.42. The SMILES string of the molecule is Cc1ccc(NC(=O)NCc2ccc3c(c2)CNC3=O)cc1Cl. The maximum atomic E-state index is 11.9. The standard InChI is InChI=1S/C17H16ClN3O2/c1-10-2-4-13(7-15(10)18)21-17(23)20-8-11-3-5-14-12(6-11)9-19-16(14)22/h2-7H,8-9H2,1H3,(H,19,22)(H2,20,21,23). The van der Waals surface area contributed by atoms with E-state index in [4.69, 9.17) is 11.6 Å². The van der Waals surface area contributed by atoms with Crippen molar-refractivity contribution in [1.29, 1.82) is 0 Å². The van der Waals surface area contributed by atoms with E-state index in [1.54, 1.807) is 18.2 Å². The number of fused-ring (bicyclic) bond motifs is 1. The molecule has 0 saturated heterocycles. The molecule has 2 aromatic carbocycles. The first-order chi connectivity index (χ1) is 11.0. The molecule has 23 heavy (non-hydrogen) atoms. The highest BCUT2D eigenvalue weighted by Gasteiger charge is 2.18. The summed E-state index contributed by atoms with van der Waals surface area (Å²) in [5, 5.41) is 8.90. The van der Waals surface area contributed by atoms with Gasteiger partial charge < -0.3 is 16.0 Å². The molecule has 1 heterocycles. The lowest BCUT2D eigenvalue weighted by Crippen LogP contribution is -2.28. The summed E-state index contributed by atoms with van der Waals surface area (Å²) in [4.78, 5) is 23.4. The van der Waals surface area contributed by atoms with Gasteiger partial charge in [0.25, 0.3) is 5.91 Å². The number of rotatable bonds is 3. The molecule has 6 heteroatoms. The van der Waals surface area contributed by atoms with E-state index in [2.05, 4.69) is 16.0 Å². The van der Waals surface area contributed by atoms with E-state index < -0.39 is 0 Å². The highest BCUT2D eigenvalue weighted by Crippen LogP contribution is 2.20. The van der Waals surface area contributed by atoms with Crippen molar-refractivity contribution in [3.8, 4) is 0 Å². The summed E-state index contributed by atoms with van der Waals surface area (Å²) in [6.07, 6.45) is 0. The zero-order valence-corrected chi connectivity index (χ0v) is 13.3. The quantitative estimate of drug-likeness (QED) is 0.809. The first-order valence-corrected chi connectivity index (χ1v) is 7.62. The van der Waals surface area contributed by atoms with Gasteiger partial charge in [0.1, 0.15) is 0 Å². The summed E-state index contributed by atoms with van der Waals surface area (Å²) in [7, 11) is 0. The van der Waals surface area contributed by atoms with Crippen LogP contribution in [0.5, 0.6) is 0 Å². The van der Waals surface area contributed by atoms with Crippen LogP contribution in [0.3, 0.4) is 0 Å². The molecule has 3 N–H and O–H groups in total. The van der Waals surface area contributed by atoms with Crippen molar-refractivity contribution in [3.63, 3.8) is 0 Å². The van der Waals surface area contributed by atoms with Gasteiger partial charge in [-0.1, -0.05) is 29.8 Å². The lowest BCUT2D eigenvalue weighted by atomic mass is 10.1. The zero-order valence-electron chi connectivity index (χ0n) is 12.6. The number of hydrogen-bond acceptors (Lipinski definition) is 2. The number of amides is 3. The van der Waals surface area contributed by atoms with E-state index in [1.165, 1.54) is 0 Å². The van der Waals surface area contributed by atoms with Crippen LogP contribution in [0.4, 0.5) is 10.5 Å². The van der Waals surface area contributed by atoms with Gasteiger partial charge >= 0.3 is 6.03 Å². The van der Waals surface area contributed by atoms with Crippen LogP contribution in [0.25, 0.3) is 0 Å². The number of hydrogen-bond donors (Lipinski definition) is 3. The number of urea groups is 1. The minimum absolute atomic E-state index is 0.0477. The van der Waals surface area contributed by atoms with E-state index in [9.17, 15) is 9.59 Å². The van der Waals surface area contributed by atoms with Crippen molar-refractivity contribution >= 4 is 29.2 Å². The Morgan fingerprint density at radius 2 is 2.09 bits per heavy atom. The summed E-state index contributed by atoms with van der Waals surface area (Å²) in [5.41, 5.74) is 4.20. The molecule has 0 radical (unpaired) electrons. The molecule has 3 rings (SSSR count). The van der Waals surface area contributed by atoms with Gasteiger partial charge in [-0.25, -0.2) is 4.79 Å². The van der Waals surface area contributed by atoms with Crippen LogP contribution >= 0.6 is 11.6 Å². The minimum Gasteiger partial charge on any atom is -0.348 e. The second-order valence-electron chi connectivity index (χ2n) is 5.45. The smallest absolute Gasteiger partial charge is 0.319 e. The molecule has 0 unspecified atom stereocenters. The van der Waals surface area contributed by atoms with Crippen molar-refractivity contribution in [2.45, 2.75) is 20.0 Å². The highest BCUT2D eigenvalue weighted by molar-refractivity contribution is 6.31. The van der Waals surface area contributed by atoms with Gasteiger partial charge in [-0.05, 0) is 41.8 Å². The van der Waals surface area contributed by atoms with Crippen molar-refractivity contribution < 1.29 is 9.59 Å². The van der Waals surface area contributed by atoms with Crippen LogP contribution in [0.15, 0.2) is 36.4 Å². The van der Waals surface area contributed by atoms with Crippen LogP contribution in [-0.2, 0) is 13.1 Å². The first-order valence-electron chi connectivity index (χ1n) is 7.24. The predicted octanol–water partition coefficient (Wildman–Crippen LogP) is 3.21. The minimum atomic E-state index is -0.306. The molecule has 118 valence electrons. The highest BCUT2D eigenvalue weighted by atomic mass is 35.5. The Hall–Kier alpha value is -2.53. The van der Waals surface area contributed by atoms with Crippen LogP contribution in [0.1, 0.15) is 27.0 Å². The van der Waals surface area contributed by atoms with E-state index in [0.717, 1.165) is 16.7 Å². The Bertz CT molecular complexity index is 789. The molecule has 0 spiro atoms. The van der Waals surface area contributed by atoms with Crippen molar-refractivity contribution in [2.24, 2.45) is 0 Å². The van der Waals surface area contributed by atoms with Gasteiger partial charge in [-0.15, -0.1) is 0 Å². The fourth-order valence-corrected chi connectivity index (χ4v) is 2.60. The number of benzene rings is 2. The Morgan fingerprint density at radius 1 is 1.26 bits per heavy atom. The number of halogens is 1. The molecule has 3 amide bonds. The third-order valence-corrected chi connectivity index (χ3v) is 4.14. The van der Waals surface area contributed by atoms with Gasteiger partial charge in [-0.2, -0.15) is 0 Å². The predicted molar refractivity (Wildman–Crippen MR) is 89.7 cm³/mol. The molecular weight excluding hydrogens is 314 g/mol. The van der Waals surface area contributed by atoms with Crippen molar-refractivity contribution in [3.05, 3.63) is 63.7 Å². The maximum Gasteiger partial charge on any atom is 0.319 e. The zero-order chi connectivity index (χ0) is 16.4. The molecule has 0 aromatic heterocycles. The third-order valence-electron chi connectivity index (χ3n) is 3.74. The summed E-state index contributed by atoms with van der Waals surface area (Å²) in [6.45, 7) is 2.82. The monoisotopic (exact) mass is 329 g/mol. The average Bonchev–Trinajstić information content (AvgIpc) is 2.90. The van der Waals surface area contributed by atoms with Crippen molar-refractivity contribution in [1.82, 2.24) is 10.6 Å². The van der Waals surface area contributed by atoms with Crippen LogP contribution in [0, 0.1) is 6.92 Å². The number of anilines is 1. The lowest BCUT2D eigenvalue weighted by Gasteiger charge is -2.09. The topological polar surface area (TPSA) is 70.2 Å². The fraction of sp³-hybridized carbons (Fsp3) is 0.176. The Labute approximate surface area is 139 Å². The molecule has 0 aliphatic carbocycles.